The van der Waals surface area contributed by atoms with Gasteiger partial charge in [0.05, 0.1) is 22.2 Å². The fraction of sp³-hybridized carbons (Fsp3) is 0.0312. The molecule has 0 aliphatic carbocycles. The molecule has 4 aromatic carbocycles. The van der Waals surface area contributed by atoms with Crippen LogP contribution < -0.4 is 0 Å². The molecular weight excluding hydrogens is 472 g/mol. The van der Waals surface area contributed by atoms with Crippen LogP contribution in [0.4, 0.5) is 0 Å². The maximum absolute atomic E-state index is 12.0. The highest BCUT2D eigenvalue weighted by molar-refractivity contribution is 6.11. The highest BCUT2D eigenvalue weighted by atomic mass is 16.4. The van der Waals surface area contributed by atoms with Crippen molar-refractivity contribution in [3.8, 4) is 33.8 Å². The Balaban J connectivity index is 1.46. The number of hydrogen-bond donors (Lipinski definition) is 2. The number of carboxylic acids is 1. The SMILES string of the molecule is Cn1c(-c2cccc3c2[nH]c2ccccc23)nc2c(-c3cc(-c4ccccc4)cc(C(=O)O)n3)cccc21. The number of aromatic nitrogens is 4. The number of carbonyl (C=O) groups is 1. The molecule has 6 nitrogen and oxygen atoms in total. The quantitative estimate of drug-likeness (QED) is 0.269. The molecular formula is C32H22N4O2. The predicted octanol–water partition coefficient (Wildman–Crippen LogP) is 7.30. The smallest absolute Gasteiger partial charge is 0.354 e. The fourth-order valence-corrected chi connectivity index (χ4v) is 5.30. The first-order valence-corrected chi connectivity index (χ1v) is 12.3. The summed E-state index contributed by atoms with van der Waals surface area (Å²) in [5.41, 5.74) is 7.90. The van der Waals surface area contributed by atoms with Gasteiger partial charge >= 0.3 is 5.97 Å². The van der Waals surface area contributed by atoms with Crippen LogP contribution >= 0.6 is 0 Å². The summed E-state index contributed by atoms with van der Waals surface area (Å²) in [5, 5.41) is 12.1. The maximum Gasteiger partial charge on any atom is 0.354 e. The lowest BCUT2D eigenvalue weighted by molar-refractivity contribution is 0.0690. The Morgan fingerprint density at radius 3 is 2.34 bits per heavy atom. The minimum absolute atomic E-state index is 0.00245. The van der Waals surface area contributed by atoms with E-state index >= 15 is 0 Å². The van der Waals surface area contributed by atoms with Gasteiger partial charge in [0.25, 0.3) is 0 Å². The molecule has 3 aromatic heterocycles. The van der Waals surface area contributed by atoms with E-state index in [1.54, 1.807) is 6.07 Å². The number of nitrogens with zero attached hydrogens (tertiary/aromatic N) is 3. The zero-order valence-electron chi connectivity index (χ0n) is 20.5. The number of aromatic amines is 1. The Morgan fingerprint density at radius 1 is 0.763 bits per heavy atom. The fourth-order valence-electron chi connectivity index (χ4n) is 5.30. The van der Waals surface area contributed by atoms with Crippen molar-refractivity contribution >= 4 is 38.8 Å². The molecule has 38 heavy (non-hydrogen) atoms. The molecule has 0 unspecified atom stereocenters. The van der Waals surface area contributed by atoms with Gasteiger partial charge in [-0.2, -0.15) is 0 Å². The van der Waals surface area contributed by atoms with Crippen molar-refractivity contribution in [1.29, 1.82) is 0 Å². The second-order valence-corrected chi connectivity index (χ2v) is 9.36. The molecule has 0 amide bonds. The lowest BCUT2D eigenvalue weighted by atomic mass is 10.0. The van der Waals surface area contributed by atoms with Gasteiger partial charge in [0.15, 0.2) is 0 Å². The second kappa shape index (κ2) is 8.42. The number of nitrogens with one attached hydrogen (secondary N) is 1. The summed E-state index contributed by atoms with van der Waals surface area (Å²) in [6, 6.07) is 33.8. The molecule has 7 rings (SSSR count). The van der Waals surface area contributed by atoms with E-state index in [0.29, 0.717) is 5.69 Å². The number of carboxylic acid groups (broad SMARTS) is 1. The van der Waals surface area contributed by atoms with E-state index in [4.69, 9.17) is 4.98 Å². The standard InChI is InChI=1S/C32H22N4O2/c1-36-28-16-8-13-23(26-17-20(18-27(33-26)32(37)38)19-9-3-2-4-10-19)30(28)35-31(36)24-14-7-12-22-21-11-5-6-15-25(21)34-29(22)24/h2-18,34H,1H3,(H,37,38). The first kappa shape index (κ1) is 22.0. The van der Waals surface area contributed by atoms with Crippen molar-refractivity contribution in [3.63, 3.8) is 0 Å². The minimum Gasteiger partial charge on any atom is -0.477 e. The van der Waals surface area contributed by atoms with Gasteiger partial charge in [-0.25, -0.2) is 14.8 Å². The number of para-hydroxylation sites is 3. The molecule has 182 valence electrons. The number of fused-ring (bicyclic) bond motifs is 4. The van der Waals surface area contributed by atoms with Crippen LogP contribution in [0.5, 0.6) is 0 Å². The molecule has 0 fully saturated rings. The van der Waals surface area contributed by atoms with Gasteiger partial charge < -0.3 is 14.7 Å². The molecule has 0 aliphatic rings. The largest absolute Gasteiger partial charge is 0.477 e. The summed E-state index contributed by atoms with van der Waals surface area (Å²) < 4.78 is 2.08. The first-order chi connectivity index (χ1) is 18.6. The van der Waals surface area contributed by atoms with E-state index < -0.39 is 5.97 Å². The molecule has 2 N–H and O–H groups in total. The van der Waals surface area contributed by atoms with Crippen molar-refractivity contribution in [2.45, 2.75) is 0 Å². The van der Waals surface area contributed by atoms with E-state index in [1.165, 1.54) is 5.39 Å². The number of hydrogen-bond acceptors (Lipinski definition) is 3. The highest BCUT2D eigenvalue weighted by Gasteiger charge is 2.19. The summed E-state index contributed by atoms with van der Waals surface area (Å²) in [5.74, 6) is -0.245. The average Bonchev–Trinajstić information content (AvgIpc) is 3.51. The van der Waals surface area contributed by atoms with Gasteiger partial charge in [0, 0.05) is 34.5 Å². The third-order valence-corrected chi connectivity index (χ3v) is 7.12. The van der Waals surface area contributed by atoms with Crippen LogP contribution in [0.15, 0.2) is 103 Å². The summed E-state index contributed by atoms with van der Waals surface area (Å²) in [4.78, 5) is 25.2. The van der Waals surface area contributed by atoms with E-state index in [0.717, 1.165) is 55.5 Å². The molecule has 3 heterocycles. The van der Waals surface area contributed by atoms with Crippen LogP contribution in [0.1, 0.15) is 10.5 Å². The summed E-state index contributed by atoms with van der Waals surface area (Å²) in [7, 11) is 2.01. The number of aromatic carboxylic acids is 1. The van der Waals surface area contributed by atoms with E-state index in [-0.39, 0.29) is 5.69 Å². The van der Waals surface area contributed by atoms with E-state index in [9.17, 15) is 9.90 Å². The lowest BCUT2D eigenvalue weighted by Gasteiger charge is -2.08. The number of aryl methyl sites for hydroxylation is 1. The van der Waals surface area contributed by atoms with Crippen molar-refractivity contribution in [1.82, 2.24) is 19.5 Å². The molecule has 6 heteroatoms. The Labute approximate surface area is 217 Å². The molecule has 0 bridgehead atoms. The zero-order valence-corrected chi connectivity index (χ0v) is 20.5. The monoisotopic (exact) mass is 494 g/mol. The van der Waals surface area contributed by atoms with Gasteiger partial charge in [-0.05, 0) is 41.5 Å². The van der Waals surface area contributed by atoms with Gasteiger partial charge in [0.1, 0.15) is 11.5 Å². The molecule has 0 atom stereocenters. The number of pyridine rings is 1. The third kappa shape index (κ3) is 3.38. The van der Waals surface area contributed by atoms with Crippen molar-refractivity contribution in [3.05, 3.63) is 109 Å². The number of imidazole rings is 1. The van der Waals surface area contributed by atoms with Crippen LogP contribution in [0.2, 0.25) is 0 Å². The van der Waals surface area contributed by atoms with E-state index in [1.807, 2.05) is 73.8 Å². The Bertz CT molecular complexity index is 2020. The topological polar surface area (TPSA) is 83.8 Å². The number of rotatable bonds is 4. The molecule has 0 saturated heterocycles. The van der Waals surface area contributed by atoms with Gasteiger partial charge in [-0.1, -0.05) is 72.8 Å². The predicted molar refractivity (Wildman–Crippen MR) is 151 cm³/mol. The summed E-state index contributed by atoms with van der Waals surface area (Å²) in [6.45, 7) is 0. The Kier molecular flexibility index (Phi) is 4.88. The molecule has 0 radical (unpaired) electrons. The second-order valence-electron chi connectivity index (χ2n) is 9.36. The van der Waals surface area contributed by atoms with Crippen molar-refractivity contribution in [2.75, 3.05) is 0 Å². The minimum atomic E-state index is -1.07. The number of benzene rings is 4. The Hall–Kier alpha value is -5.23. The average molecular weight is 495 g/mol. The first-order valence-electron chi connectivity index (χ1n) is 12.3. The molecule has 0 spiro atoms. The van der Waals surface area contributed by atoms with Gasteiger partial charge in [0.2, 0.25) is 0 Å². The van der Waals surface area contributed by atoms with Crippen LogP contribution in [0.25, 0.3) is 66.6 Å². The van der Waals surface area contributed by atoms with Gasteiger partial charge in [-0.15, -0.1) is 0 Å². The zero-order chi connectivity index (χ0) is 25.8. The van der Waals surface area contributed by atoms with Crippen LogP contribution in [0.3, 0.4) is 0 Å². The van der Waals surface area contributed by atoms with Crippen LogP contribution in [-0.2, 0) is 7.05 Å². The lowest BCUT2D eigenvalue weighted by Crippen LogP contribution is -2.02. The summed E-state index contributed by atoms with van der Waals surface area (Å²) >= 11 is 0. The third-order valence-electron chi connectivity index (χ3n) is 7.12. The van der Waals surface area contributed by atoms with Gasteiger partial charge in [-0.3, -0.25) is 0 Å². The molecule has 7 aromatic rings. The van der Waals surface area contributed by atoms with E-state index in [2.05, 4.69) is 44.9 Å². The molecule has 0 aliphatic heterocycles. The summed E-state index contributed by atoms with van der Waals surface area (Å²) in [6.07, 6.45) is 0. The normalized spacial score (nSPS) is 11.5. The van der Waals surface area contributed by atoms with Crippen molar-refractivity contribution < 1.29 is 9.90 Å². The molecule has 0 saturated carbocycles. The highest BCUT2D eigenvalue weighted by Crippen LogP contribution is 2.36. The van der Waals surface area contributed by atoms with Crippen molar-refractivity contribution in [2.24, 2.45) is 7.05 Å². The number of H-pyrrole nitrogens is 1. The Morgan fingerprint density at radius 2 is 1.50 bits per heavy atom. The maximum atomic E-state index is 12.0. The van der Waals surface area contributed by atoms with Crippen LogP contribution in [0, 0.1) is 0 Å². The van der Waals surface area contributed by atoms with Crippen LogP contribution in [-0.4, -0.2) is 30.6 Å².